The molecule has 4 rings (SSSR count). The molecule has 1 atom stereocenters. The fraction of sp³-hybridized carbons (Fsp3) is 0.371. The summed E-state index contributed by atoms with van der Waals surface area (Å²) >= 11 is 0. The number of carbonyl (C=O) groups excluding carboxylic acids is 2. The second-order valence-corrected chi connectivity index (χ2v) is 12.9. The van der Waals surface area contributed by atoms with Crippen LogP contribution in [0, 0.1) is 0 Å². The molecule has 1 aliphatic heterocycles. The van der Waals surface area contributed by atoms with Crippen LogP contribution in [-0.2, 0) is 20.4 Å². The maximum atomic E-state index is 13.7. The number of hydrogen-bond donors (Lipinski definition) is 1. The molecule has 1 saturated heterocycles. The summed E-state index contributed by atoms with van der Waals surface area (Å²) in [6.07, 6.45) is -0.0000918. The van der Waals surface area contributed by atoms with E-state index in [1.807, 2.05) is 68.4 Å². The van der Waals surface area contributed by atoms with Crippen molar-refractivity contribution in [2.75, 3.05) is 12.0 Å². The smallest absolute Gasteiger partial charge is 0.300 e. The highest BCUT2D eigenvalue weighted by Gasteiger charge is 2.47. The van der Waals surface area contributed by atoms with Crippen molar-refractivity contribution in [3.63, 3.8) is 0 Å². The summed E-state index contributed by atoms with van der Waals surface area (Å²) in [4.78, 5) is 28.8. The number of benzene rings is 3. The lowest BCUT2D eigenvalue weighted by atomic mass is 9.84. The van der Waals surface area contributed by atoms with Crippen molar-refractivity contribution in [2.24, 2.45) is 0 Å². The van der Waals surface area contributed by atoms with Gasteiger partial charge in [0.05, 0.1) is 24.8 Å². The summed E-state index contributed by atoms with van der Waals surface area (Å²) in [5.41, 5.74) is 3.38. The first kappa shape index (κ1) is 29.9. The molecule has 1 fully saturated rings. The molecule has 6 nitrogen and oxygen atoms in total. The lowest BCUT2D eigenvalue weighted by Gasteiger charge is -2.27. The highest BCUT2D eigenvalue weighted by Crippen LogP contribution is 2.44. The number of aliphatic hydroxyl groups excluding tert-OH is 1. The van der Waals surface area contributed by atoms with E-state index in [0.717, 1.165) is 11.1 Å². The molecule has 0 aromatic heterocycles. The van der Waals surface area contributed by atoms with Gasteiger partial charge < -0.3 is 14.6 Å². The van der Waals surface area contributed by atoms with Gasteiger partial charge in [-0.1, -0.05) is 65.8 Å². The summed E-state index contributed by atoms with van der Waals surface area (Å²) in [7, 11) is 1.60. The summed E-state index contributed by atoms with van der Waals surface area (Å²) in [5.74, 6) is -0.279. The van der Waals surface area contributed by atoms with Crippen molar-refractivity contribution in [3.8, 4) is 11.5 Å². The van der Waals surface area contributed by atoms with Gasteiger partial charge in [-0.2, -0.15) is 0 Å². The van der Waals surface area contributed by atoms with E-state index in [4.69, 9.17) is 9.47 Å². The molecule has 1 N–H and O–H groups in total. The minimum Gasteiger partial charge on any atom is -0.507 e. The zero-order valence-corrected chi connectivity index (χ0v) is 25.5. The third-order valence-electron chi connectivity index (χ3n) is 7.30. The Bertz CT molecular complexity index is 1470. The molecular weight excluding hydrogens is 514 g/mol. The molecule has 41 heavy (non-hydrogen) atoms. The molecule has 3 aromatic carbocycles. The quantitative estimate of drug-likeness (QED) is 0.192. The molecule has 0 aliphatic carbocycles. The molecule has 0 spiro atoms. The highest BCUT2D eigenvalue weighted by atomic mass is 16.5. The molecule has 3 aromatic rings. The normalized spacial score (nSPS) is 17.3. The summed E-state index contributed by atoms with van der Waals surface area (Å²) in [6, 6.07) is 19.5. The Morgan fingerprint density at radius 2 is 1.46 bits per heavy atom. The van der Waals surface area contributed by atoms with E-state index in [0.29, 0.717) is 28.3 Å². The second kappa shape index (κ2) is 11.1. The number of aliphatic hydroxyl groups is 1. The fourth-order valence-electron chi connectivity index (χ4n) is 5.13. The van der Waals surface area contributed by atoms with E-state index >= 15 is 0 Å². The number of amides is 1. The van der Waals surface area contributed by atoms with Crippen LogP contribution in [0.5, 0.6) is 11.5 Å². The number of anilines is 1. The fourth-order valence-corrected chi connectivity index (χ4v) is 5.13. The van der Waals surface area contributed by atoms with Crippen molar-refractivity contribution in [3.05, 3.63) is 94.6 Å². The van der Waals surface area contributed by atoms with Gasteiger partial charge in [-0.05, 0) is 78.3 Å². The van der Waals surface area contributed by atoms with Crippen LogP contribution >= 0.6 is 0 Å². The number of Topliss-reactive ketones (excluding diaryl/α,β-unsaturated/α-hetero) is 1. The molecule has 0 saturated carbocycles. The van der Waals surface area contributed by atoms with Crippen LogP contribution in [0.4, 0.5) is 5.69 Å². The van der Waals surface area contributed by atoms with E-state index in [1.54, 1.807) is 19.2 Å². The van der Waals surface area contributed by atoms with E-state index in [1.165, 1.54) is 4.90 Å². The van der Waals surface area contributed by atoms with Gasteiger partial charge in [0.15, 0.2) is 0 Å². The minimum atomic E-state index is -0.830. The van der Waals surface area contributed by atoms with Crippen molar-refractivity contribution < 1.29 is 24.2 Å². The van der Waals surface area contributed by atoms with Crippen LogP contribution in [0.3, 0.4) is 0 Å². The molecule has 0 radical (unpaired) electrons. The van der Waals surface area contributed by atoms with Gasteiger partial charge in [-0.15, -0.1) is 0 Å². The zero-order chi connectivity index (χ0) is 30.3. The number of ketones is 1. The average Bonchev–Trinajstić information content (AvgIpc) is 3.17. The molecule has 1 aliphatic rings. The van der Waals surface area contributed by atoms with Crippen molar-refractivity contribution in [1.82, 2.24) is 0 Å². The predicted molar refractivity (Wildman–Crippen MR) is 164 cm³/mol. The largest absolute Gasteiger partial charge is 0.507 e. The van der Waals surface area contributed by atoms with Crippen molar-refractivity contribution >= 4 is 23.1 Å². The monoisotopic (exact) mass is 555 g/mol. The Kier molecular flexibility index (Phi) is 8.08. The van der Waals surface area contributed by atoms with Crippen molar-refractivity contribution in [1.29, 1.82) is 0 Å². The zero-order valence-electron chi connectivity index (χ0n) is 25.5. The molecular formula is C35H41NO5. The molecule has 6 heteroatoms. The summed E-state index contributed by atoms with van der Waals surface area (Å²) in [5, 5.41) is 11.7. The number of carbonyl (C=O) groups is 2. The van der Waals surface area contributed by atoms with Gasteiger partial charge in [0.25, 0.3) is 11.7 Å². The number of nitrogens with zero attached hydrogens (tertiary/aromatic N) is 1. The Hall–Kier alpha value is -4.06. The van der Waals surface area contributed by atoms with Gasteiger partial charge >= 0.3 is 0 Å². The highest BCUT2D eigenvalue weighted by molar-refractivity contribution is 6.51. The van der Waals surface area contributed by atoms with Gasteiger partial charge in [-0.3, -0.25) is 14.5 Å². The molecule has 1 unspecified atom stereocenters. The Balaban J connectivity index is 1.91. The average molecular weight is 556 g/mol. The van der Waals surface area contributed by atoms with E-state index in [-0.39, 0.29) is 28.3 Å². The Labute approximate surface area is 243 Å². The Morgan fingerprint density at radius 1 is 0.854 bits per heavy atom. The molecule has 216 valence electrons. The number of ether oxygens (including phenoxy) is 2. The first-order valence-corrected chi connectivity index (χ1v) is 14.0. The second-order valence-electron chi connectivity index (χ2n) is 12.9. The lowest BCUT2D eigenvalue weighted by Crippen LogP contribution is -2.29. The third-order valence-corrected chi connectivity index (χ3v) is 7.30. The third kappa shape index (κ3) is 6.02. The maximum Gasteiger partial charge on any atom is 0.300 e. The van der Waals surface area contributed by atoms with Crippen LogP contribution < -0.4 is 14.4 Å². The van der Waals surface area contributed by atoms with Gasteiger partial charge in [-0.25, -0.2) is 0 Å². The number of rotatable bonds is 6. The van der Waals surface area contributed by atoms with Crippen LogP contribution in [-0.4, -0.2) is 30.0 Å². The van der Waals surface area contributed by atoms with Crippen LogP contribution in [0.1, 0.15) is 83.7 Å². The summed E-state index contributed by atoms with van der Waals surface area (Å²) < 4.78 is 11.4. The topological polar surface area (TPSA) is 76.1 Å². The van der Waals surface area contributed by atoms with Crippen molar-refractivity contribution in [2.45, 2.75) is 78.4 Å². The van der Waals surface area contributed by atoms with Gasteiger partial charge in [0.1, 0.15) is 17.3 Å². The van der Waals surface area contributed by atoms with Crippen LogP contribution in [0.2, 0.25) is 0 Å². The molecule has 1 heterocycles. The van der Waals surface area contributed by atoms with Gasteiger partial charge in [0.2, 0.25) is 0 Å². The van der Waals surface area contributed by atoms with Gasteiger partial charge in [0, 0.05) is 16.8 Å². The maximum absolute atomic E-state index is 13.7. The molecule has 0 bridgehead atoms. The van der Waals surface area contributed by atoms with E-state index in [2.05, 4.69) is 41.5 Å². The summed E-state index contributed by atoms with van der Waals surface area (Å²) in [6.45, 7) is 16.4. The first-order valence-electron chi connectivity index (χ1n) is 14.0. The van der Waals surface area contributed by atoms with E-state index < -0.39 is 17.7 Å². The number of methoxy groups -OCH3 is 1. The lowest BCUT2D eigenvalue weighted by molar-refractivity contribution is -0.132. The SMILES string of the molecule is COc1ccc(/C(O)=C2/C(=O)C(=O)N(c3ccc(C(C)(C)C)cc3)C2c2ccc(OC(C)C)cc2)cc1C(C)(C)C. The standard InChI is InChI=1S/C35H41NO5/c1-21(2)41-26-17-10-22(11-18-26)30-29(31(37)23-12-19-28(40-9)27(20-23)35(6,7)8)32(38)33(39)36(30)25-15-13-24(14-16-25)34(3,4)5/h10-21,30,37H,1-9H3/b31-29-. The van der Waals surface area contributed by atoms with E-state index in [9.17, 15) is 14.7 Å². The Morgan fingerprint density at radius 3 is 1.98 bits per heavy atom. The number of hydrogen-bond acceptors (Lipinski definition) is 5. The minimum absolute atomic E-state index is 0.0000918. The predicted octanol–water partition coefficient (Wildman–Crippen LogP) is 7.70. The van der Waals surface area contributed by atoms with Crippen LogP contribution in [0.25, 0.3) is 5.76 Å². The first-order chi connectivity index (χ1) is 19.1. The van der Waals surface area contributed by atoms with Crippen LogP contribution in [0.15, 0.2) is 72.3 Å². The molecule has 1 amide bonds.